The number of hydrogen-bond donors (Lipinski definition) is 1. The molecule has 1 aromatic heterocycles. The zero-order valence-corrected chi connectivity index (χ0v) is 12.5. The fourth-order valence-electron chi connectivity index (χ4n) is 2.94. The van der Waals surface area contributed by atoms with Crippen molar-refractivity contribution in [2.45, 2.75) is 38.8 Å². The first-order valence-electron chi connectivity index (χ1n) is 7.71. The molecular formula is C18H24N2. The summed E-state index contributed by atoms with van der Waals surface area (Å²) in [6, 6.07) is 11.8. The molecule has 1 saturated carbocycles. The Balaban J connectivity index is 1.69. The number of nitrogens with one attached hydrogen (secondary N) is 1. The van der Waals surface area contributed by atoms with Gasteiger partial charge in [0.05, 0.1) is 0 Å². The first-order valence-corrected chi connectivity index (χ1v) is 7.71. The van der Waals surface area contributed by atoms with Gasteiger partial charge in [-0.3, -0.25) is 0 Å². The normalized spacial score (nSPS) is 16.3. The summed E-state index contributed by atoms with van der Waals surface area (Å²) in [5, 5.41) is 3.46. The summed E-state index contributed by atoms with van der Waals surface area (Å²) in [6.07, 6.45) is 8.35. The van der Waals surface area contributed by atoms with Crippen LogP contribution >= 0.6 is 0 Å². The summed E-state index contributed by atoms with van der Waals surface area (Å²) < 4.78 is 2.29. The van der Waals surface area contributed by atoms with Crippen molar-refractivity contribution >= 4 is 0 Å². The molecule has 1 N–H and O–H groups in total. The van der Waals surface area contributed by atoms with Crippen molar-refractivity contribution < 1.29 is 0 Å². The molecule has 1 heterocycles. The Morgan fingerprint density at radius 1 is 1.15 bits per heavy atom. The van der Waals surface area contributed by atoms with E-state index in [-0.39, 0.29) is 0 Å². The average molecular weight is 268 g/mol. The van der Waals surface area contributed by atoms with Crippen molar-refractivity contribution in [3.8, 4) is 0 Å². The van der Waals surface area contributed by atoms with Crippen molar-refractivity contribution in [3.05, 3.63) is 59.4 Å². The fraction of sp³-hybridized carbons (Fsp3) is 0.444. The van der Waals surface area contributed by atoms with Gasteiger partial charge < -0.3 is 9.88 Å². The van der Waals surface area contributed by atoms with Gasteiger partial charge in [0.2, 0.25) is 0 Å². The largest absolute Gasteiger partial charge is 0.350 e. The maximum atomic E-state index is 3.46. The van der Waals surface area contributed by atoms with Crippen LogP contribution in [0, 0.1) is 5.92 Å². The molecule has 1 unspecified atom stereocenters. The lowest BCUT2D eigenvalue weighted by Crippen LogP contribution is -2.17. The molecule has 1 atom stereocenters. The third kappa shape index (κ3) is 2.96. The summed E-state index contributed by atoms with van der Waals surface area (Å²) in [6.45, 7) is 3.16. The van der Waals surface area contributed by atoms with Crippen molar-refractivity contribution in [1.82, 2.24) is 9.88 Å². The van der Waals surface area contributed by atoms with Crippen LogP contribution in [0.1, 0.15) is 42.5 Å². The maximum absolute atomic E-state index is 3.46. The van der Waals surface area contributed by atoms with E-state index in [1.165, 1.54) is 29.5 Å². The number of aryl methyl sites for hydroxylation is 1. The lowest BCUT2D eigenvalue weighted by molar-refractivity contribution is 0.528. The van der Waals surface area contributed by atoms with Gasteiger partial charge >= 0.3 is 0 Å². The van der Waals surface area contributed by atoms with Crippen LogP contribution in [0.5, 0.6) is 0 Å². The SMILES string of the molecule is CCc1ccc(Cn2ccc(C(NC)C3CC3)c2)cc1. The zero-order chi connectivity index (χ0) is 13.9. The third-order valence-corrected chi connectivity index (χ3v) is 4.33. The Bertz CT molecular complexity index is 549. The summed E-state index contributed by atoms with van der Waals surface area (Å²) in [5.74, 6) is 0.847. The van der Waals surface area contributed by atoms with Crippen LogP contribution in [0.4, 0.5) is 0 Å². The molecule has 1 aliphatic rings. The van der Waals surface area contributed by atoms with Crippen molar-refractivity contribution in [1.29, 1.82) is 0 Å². The van der Waals surface area contributed by atoms with E-state index in [0.717, 1.165) is 18.9 Å². The van der Waals surface area contributed by atoms with E-state index in [1.807, 2.05) is 0 Å². The van der Waals surface area contributed by atoms with Gasteiger partial charge in [0, 0.05) is 25.0 Å². The minimum absolute atomic E-state index is 0.540. The molecule has 0 amide bonds. The standard InChI is InChI=1S/C18H24N2/c1-3-14-4-6-15(7-5-14)12-20-11-10-17(13-20)18(19-2)16-8-9-16/h4-7,10-11,13,16,18-19H,3,8-9,12H2,1-2H3. The highest BCUT2D eigenvalue weighted by Crippen LogP contribution is 2.40. The first-order chi connectivity index (χ1) is 9.80. The van der Waals surface area contributed by atoms with Gasteiger partial charge in [-0.05, 0) is 55.0 Å². The van der Waals surface area contributed by atoms with E-state index in [2.05, 4.69) is 66.6 Å². The van der Waals surface area contributed by atoms with Crippen LogP contribution in [0.3, 0.4) is 0 Å². The van der Waals surface area contributed by atoms with Gasteiger partial charge in [-0.2, -0.15) is 0 Å². The molecule has 0 aliphatic heterocycles. The Labute approximate surface area is 121 Å². The van der Waals surface area contributed by atoms with Crippen LogP contribution in [-0.4, -0.2) is 11.6 Å². The topological polar surface area (TPSA) is 17.0 Å². The summed E-state index contributed by atoms with van der Waals surface area (Å²) in [4.78, 5) is 0. The number of rotatable bonds is 6. The van der Waals surface area contributed by atoms with Gasteiger partial charge in [-0.25, -0.2) is 0 Å². The molecule has 0 bridgehead atoms. The molecule has 2 nitrogen and oxygen atoms in total. The van der Waals surface area contributed by atoms with E-state index in [4.69, 9.17) is 0 Å². The summed E-state index contributed by atoms with van der Waals surface area (Å²) in [7, 11) is 2.07. The minimum Gasteiger partial charge on any atom is -0.350 e. The van der Waals surface area contributed by atoms with E-state index < -0.39 is 0 Å². The lowest BCUT2D eigenvalue weighted by Gasteiger charge is -2.13. The molecule has 1 aromatic carbocycles. The van der Waals surface area contributed by atoms with E-state index >= 15 is 0 Å². The second-order valence-electron chi connectivity index (χ2n) is 5.89. The average Bonchev–Trinajstić information content (AvgIpc) is 3.21. The van der Waals surface area contributed by atoms with Crippen molar-refractivity contribution in [2.75, 3.05) is 7.05 Å². The first kappa shape index (κ1) is 13.4. The molecule has 1 aliphatic carbocycles. The maximum Gasteiger partial charge on any atom is 0.0470 e. The minimum atomic E-state index is 0.540. The molecule has 3 rings (SSSR count). The lowest BCUT2D eigenvalue weighted by atomic mass is 10.1. The third-order valence-electron chi connectivity index (χ3n) is 4.33. The quantitative estimate of drug-likeness (QED) is 0.844. The van der Waals surface area contributed by atoms with Crippen molar-refractivity contribution in [2.24, 2.45) is 5.92 Å². The van der Waals surface area contributed by atoms with Gasteiger partial charge in [0.15, 0.2) is 0 Å². The molecule has 1 fully saturated rings. The van der Waals surface area contributed by atoms with Crippen LogP contribution in [-0.2, 0) is 13.0 Å². The number of aromatic nitrogens is 1. The number of nitrogens with zero attached hydrogens (tertiary/aromatic N) is 1. The van der Waals surface area contributed by atoms with Gasteiger partial charge in [-0.15, -0.1) is 0 Å². The van der Waals surface area contributed by atoms with Gasteiger partial charge in [0.25, 0.3) is 0 Å². The van der Waals surface area contributed by atoms with E-state index in [1.54, 1.807) is 0 Å². The smallest absolute Gasteiger partial charge is 0.0470 e. The summed E-state index contributed by atoms with van der Waals surface area (Å²) >= 11 is 0. The molecule has 2 aromatic rings. The number of hydrogen-bond acceptors (Lipinski definition) is 1. The highest BCUT2D eigenvalue weighted by Gasteiger charge is 2.31. The van der Waals surface area contributed by atoms with Gasteiger partial charge in [0.1, 0.15) is 0 Å². The Morgan fingerprint density at radius 2 is 1.85 bits per heavy atom. The summed E-state index contributed by atoms with van der Waals surface area (Å²) in [5.41, 5.74) is 4.21. The molecule has 106 valence electrons. The Kier molecular flexibility index (Phi) is 3.93. The number of benzene rings is 1. The molecule has 0 spiro atoms. The second-order valence-corrected chi connectivity index (χ2v) is 5.89. The Hall–Kier alpha value is -1.54. The molecule has 2 heteroatoms. The van der Waals surface area contributed by atoms with Crippen LogP contribution in [0.25, 0.3) is 0 Å². The van der Waals surface area contributed by atoms with Crippen molar-refractivity contribution in [3.63, 3.8) is 0 Å². The van der Waals surface area contributed by atoms with Crippen LogP contribution in [0.15, 0.2) is 42.7 Å². The van der Waals surface area contributed by atoms with E-state index in [9.17, 15) is 0 Å². The van der Waals surface area contributed by atoms with Crippen LogP contribution < -0.4 is 5.32 Å². The zero-order valence-electron chi connectivity index (χ0n) is 12.5. The fourth-order valence-corrected chi connectivity index (χ4v) is 2.94. The molecular weight excluding hydrogens is 244 g/mol. The van der Waals surface area contributed by atoms with E-state index in [0.29, 0.717) is 6.04 Å². The monoisotopic (exact) mass is 268 g/mol. The highest BCUT2D eigenvalue weighted by molar-refractivity contribution is 5.24. The molecule has 0 saturated heterocycles. The van der Waals surface area contributed by atoms with Gasteiger partial charge in [-0.1, -0.05) is 31.2 Å². The predicted molar refractivity (Wildman–Crippen MR) is 83.9 cm³/mol. The van der Waals surface area contributed by atoms with Crippen LogP contribution in [0.2, 0.25) is 0 Å². The Morgan fingerprint density at radius 3 is 2.45 bits per heavy atom. The molecule has 0 radical (unpaired) electrons. The predicted octanol–water partition coefficient (Wildman–Crippen LogP) is 3.77. The second kappa shape index (κ2) is 5.84. The molecule has 20 heavy (non-hydrogen) atoms. The highest BCUT2D eigenvalue weighted by atomic mass is 15.0.